The van der Waals surface area contributed by atoms with Crippen LogP contribution in [0.2, 0.25) is 0 Å². The fourth-order valence-corrected chi connectivity index (χ4v) is 3.81. The summed E-state index contributed by atoms with van der Waals surface area (Å²) in [7, 11) is -2.25. The molecule has 0 aliphatic rings. The third-order valence-electron chi connectivity index (χ3n) is 3.93. The predicted molar refractivity (Wildman–Crippen MR) is 111 cm³/mol. The van der Waals surface area contributed by atoms with Crippen LogP contribution < -0.4 is 20.1 Å². The molecule has 0 unspecified atom stereocenters. The number of hydrogen-bond donors (Lipinski definition) is 3. The number of ether oxygens (including phenoxy) is 1. The van der Waals surface area contributed by atoms with Crippen molar-refractivity contribution in [2.45, 2.75) is 11.8 Å². The van der Waals surface area contributed by atoms with Crippen molar-refractivity contribution in [3.05, 3.63) is 60.4 Å². The lowest BCUT2D eigenvalue weighted by Crippen LogP contribution is -2.29. The van der Waals surface area contributed by atoms with E-state index in [9.17, 15) is 8.42 Å². The maximum absolute atomic E-state index is 12.5. The molecule has 2 heterocycles. The summed E-state index contributed by atoms with van der Waals surface area (Å²) in [6.07, 6.45) is 3.37. The van der Waals surface area contributed by atoms with Crippen molar-refractivity contribution in [2.24, 2.45) is 0 Å². The second kappa shape index (κ2) is 9.30. The van der Waals surface area contributed by atoms with Gasteiger partial charge in [-0.15, -0.1) is 10.2 Å². The van der Waals surface area contributed by atoms with Crippen molar-refractivity contribution in [2.75, 3.05) is 30.8 Å². The van der Waals surface area contributed by atoms with Crippen LogP contribution in [-0.4, -0.2) is 43.8 Å². The van der Waals surface area contributed by atoms with Crippen LogP contribution in [0, 0.1) is 6.92 Å². The van der Waals surface area contributed by atoms with Crippen LogP contribution in [0.4, 0.5) is 17.3 Å². The highest BCUT2D eigenvalue weighted by molar-refractivity contribution is 7.89. The van der Waals surface area contributed by atoms with Gasteiger partial charge in [-0.1, -0.05) is 6.07 Å². The van der Waals surface area contributed by atoms with Crippen LogP contribution in [0.25, 0.3) is 0 Å². The number of benzene rings is 1. The Morgan fingerprint density at radius 3 is 2.52 bits per heavy atom. The average molecular weight is 414 g/mol. The number of sulfonamides is 1. The maximum Gasteiger partial charge on any atom is 0.244 e. The molecule has 1 aromatic carbocycles. The molecule has 0 bridgehead atoms. The second-order valence-electron chi connectivity index (χ2n) is 6.15. The first-order valence-corrected chi connectivity index (χ1v) is 10.4. The first kappa shape index (κ1) is 20.5. The Morgan fingerprint density at radius 1 is 1.03 bits per heavy atom. The highest BCUT2D eigenvalue weighted by Gasteiger charge is 2.19. The molecule has 0 radical (unpaired) electrons. The van der Waals surface area contributed by atoms with Gasteiger partial charge in [-0.25, -0.2) is 13.1 Å². The van der Waals surface area contributed by atoms with E-state index >= 15 is 0 Å². The molecule has 0 saturated carbocycles. The van der Waals surface area contributed by atoms with Crippen molar-refractivity contribution in [3.8, 4) is 5.75 Å². The van der Waals surface area contributed by atoms with Crippen molar-refractivity contribution < 1.29 is 13.2 Å². The normalized spacial score (nSPS) is 11.1. The molecule has 0 spiro atoms. The summed E-state index contributed by atoms with van der Waals surface area (Å²) in [5.41, 5.74) is 1.64. The van der Waals surface area contributed by atoms with E-state index in [4.69, 9.17) is 4.74 Å². The summed E-state index contributed by atoms with van der Waals surface area (Å²) < 4.78 is 32.8. The van der Waals surface area contributed by atoms with E-state index in [2.05, 4.69) is 30.5 Å². The summed E-state index contributed by atoms with van der Waals surface area (Å²) in [5, 5.41) is 14.3. The molecule has 152 valence electrons. The van der Waals surface area contributed by atoms with Gasteiger partial charge in [-0.3, -0.25) is 4.98 Å². The van der Waals surface area contributed by atoms with Gasteiger partial charge in [0.1, 0.15) is 16.5 Å². The molecule has 0 saturated heterocycles. The molecule has 3 rings (SSSR count). The molecular formula is C19H22N6O3S. The largest absolute Gasteiger partial charge is 0.495 e. The van der Waals surface area contributed by atoms with Crippen molar-refractivity contribution in [1.82, 2.24) is 19.9 Å². The lowest BCUT2D eigenvalue weighted by atomic mass is 10.2. The summed E-state index contributed by atoms with van der Waals surface area (Å²) in [6.45, 7) is 2.35. The molecule has 0 fully saturated rings. The summed E-state index contributed by atoms with van der Waals surface area (Å²) in [6, 6.07) is 12.2. The molecule has 3 N–H and O–H groups in total. The first-order valence-electron chi connectivity index (χ1n) is 8.87. The minimum Gasteiger partial charge on any atom is -0.495 e. The fourth-order valence-electron chi connectivity index (χ4n) is 2.53. The topological polar surface area (TPSA) is 118 Å². The number of nitrogens with zero attached hydrogens (tertiary/aromatic N) is 3. The van der Waals surface area contributed by atoms with Gasteiger partial charge in [-0.05, 0) is 48.9 Å². The zero-order valence-electron chi connectivity index (χ0n) is 16.1. The van der Waals surface area contributed by atoms with Crippen LogP contribution >= 0.6 is 0 Å². The minimum atomic E-state index is -3.69. The van der Waals surface area contributed by atoms with Crippen LogP contribution in [0.5, 0.6) is 5.75 Å². The van der Waals surface area contributed by atoms with Gasteiger partial charge in [0.15, 0.2) is 5.82 Å². The number of hydrogen-bond acceptors (Lipinski definition) is 8. The Morgan fingerprint density at radius 2 is 1.83 bits per heavy atom. The smallest absolute Gasteiger partial charge is 0.244 e. The maximum atomic E-state index is 12.5. The van der Waals surface area contributed by atoms with E-state index in [0.717, 1.165) is 11.3 Å². The Kier molecular flexibility index (Phi) is 6.57. The van der Waals surface area contributed by atoms with Crippen LogP contribution in [0.3, 0.4) is 0 Å². The van der Waals surface area contributed by atoms with E-state index in [-0.39, 0.29) is 11.4 Å². The quantitative estimate of drug-likeness (QED) is 0.457. The van der Waals surface area contributed by atoms with E-state index in [1.165, 1.54) is 7.11 Å². The molecule has 2 aromatic heterocycles. The number of anilines is 3. The molecule has 9 nitrogen and oxygen atoms in total. The highest BCUT2D eigenvalue weighted by atomic mass is 32.2. The number of pyridine rings is 1. The SMILES string of the molecule is COc1ccc(C)cc1S(=O)(=O)NCCNc1ccc(Nc2cccnc2)nn1. The van der Waals surface area contributed by atoms with Crippen LogP contribution in [0.1, 0.15) is 5.56 Å². The first-order chi connectivity index (χ1) is 14.0. The Hall–Kier alpha value is -3.24. The summed E-state index contributed by atoms with van der Waals surface area (Å²) >= 11 is 0. The monoisotopic (exact) mass is 414 g/mol. The zero-order chi connectivity index (χ0) is 20.7. The summed E-state index contributed by atoms with van der Waals surface area (Å²) in [5.74, 6) is 1.42. The molecule has 0 aliphatic heterocycles. The molecule has 0 aliphatic carbocycles. The standard InChI is InChI=1S/C19H22N6O3S/c1-14-5-6-16(28-2)17(12-14)29(26,27)22-11-10-21-18-7-8-19(25-24-18)23-15-4-3-9-20-13-15/h3-9,12-13,22H,10-11H2,1-2H3,(H,21,24)(H,23,25). The van der Waals surface area contributed by atoms with E-state index in [1.54, 1.807) is 42.7 Å². The minimum absolute atomic E-state index is 0.116. The fraction of sp³-hybridized carbons (Fsp3) is 0.211. The highest BCUT2D eigenvalue weighted by Crippen LogP contribution is 2.24. The summed E-state index contributed by atoms with van der Waals surface area (Å²) in [4.78, 5) is 4.13. The van der Waals surface area contributed by atoms with Gasteiger partial charge in [0.25, 0.3) is 0 Å². The molecule has 3 aromatic rings. The van der Waals surface area contributed by atoms with Crippen molar-refractivity contribution in [1.29, 1.82) is 0 Å². The van der Waals surface area contributed by atoms with Crippen LogP contribution in [-0.2, 0) is 10.0 Å². The Balaban J connectivity index is 1.52. The van der Waals surface area contributed by atoms with Gasteiger partial charge in [0.2, 0.25) is 10.0 Å². The van der Waals surface area contributed by atoms with Gasteiger partial charge >= 0.3 is 0 Å². The predicted octanol–water partition coefficient (Wildman–Crippen LogP) is 2.32. The van der Waals surface area contributed by atoms with E-state index in [1.807, 2.05) is 19.1 Å². The van der Waals surface area contributed by atoms with Gasteiger partial charge < -0.3 is 15.4 Å². The van der Waals surface area contributed by atoms with Crippen LogP contribution in [0.15, 0.2) is 59.8 Å². The van der Waals surface area contributed by atoms with E-state index < -0.39 is 10.0 Å². The third-order valence-corrected chi connectivity index (χ3v) is 5.41. The molecule has 0 amide bonds. The van der Waals surface area contributed by atoms with Gasteiger partial charge in [0.05, 0.1) is 19.0 Å². The molecule has 10 heteroatoms. The second-order valence-corrected chi connectivity index (χ2v) is 7.88. The number of rotatable bonds is 9. The van der Waals surface area contributed by atoms with Crippen molar-refractivity contribution in [3.63, 3.8) is 0 Å². The average Bonchev–Trinajstić information content (AvgIpc) is 2.73. The lowest BCUT2D eigenvalue weighted by molar-refractivity contribution is 0.402. The molecule has 29 heavy (non-hydrogen) atoms. The Bertz CT molecular complexity index is 1040. The Labute approximate surface area is 169 Å². The third kappa shape index (κ3) is 5.62. The number of aryl methyl sites for hydroxylation is 1. The number of nitrogens with one attached hydrogen (secondary N) is 3. The van der Waals surface area contributed by atoms with Gasteiger partial charge in [-0.2, -0.15) is 0 Å². The number of aromatic nitrogens is 3. The van der Waals surface area contributed by atoms with Crippen molar-refractivity contribution >= 4 is 27.3 Å². The number of methoxy groups -OCH3 is 1. The van der Waals surface area contributed by atoms with Gasteiger partial charge in [0, 0.05) is 19.3 Å². The molecular weight excluding hydrogens is 392 g/mol. The zero-order valence-corrected chi connectivity index (χ0v) is 16.9. The lowest BCUT2D eigenvalue weighted by Gasteiger charge is -2.12. The molecule has 0 atom stereocenters. The van der Waals surface area contributed by atoms with E-state index in [0.29, 0.717) is 23.9 Å².